The molecule has 1 amide bonds. The number of morpholine rings is 1. The highest BCUT2D eigenvalue weighted by Crippen LogP contribution is 2.21. The summed E-state index contributed by atoms with van der Waals surface area (Å²) in [5.41, 5.74) is 1.83. The first-order valence-electron chi connectivity index (χ1n) is 8.15. The Morgan fingerprint density at radius 1 is 1.17 bits per heavy atom. The molecular weight excluding hydrogens is 324 g/mol. The quantitative estimate of drug-likeness (QED) is 0.906. The van der Waals surface area contributed by atoms with Gasteiger partial charge in [0.2, 0.25) is 0 Å². The van der Waals surface area contributed by atoms with Gasteiger partial charge in [0.1, 0.15) is 0 Å². The monoisotopic (exact) mass is 344 g/mol. The zero-order chi connectivity index (χ0) is 16.8. The van der Waals surface area contributed by atoms with Crippen molar-refractivity contribution in [2.75, 3.05) is 32.8 Å². The summed E-state index contributed by atoms with van der Waals surface area (Å²) in [6.45, 7) is 3.88. The fraction of sp³-hybridized carbons (Fsp3) is 0.316. The molecular formula is C19H21ClN2O2. The molecule has 1 saturated heterocycles. The van der Waals surface area contributed by atoms with Crippen LogP contribution in [0.4, 0.5) is 0 Å². The minimum absolute atomic E-state index is 0.0699. The molecule has 0 spiro atoms. The predicted octanol–water partition coefficient (Wildman–Crippen LogP) is 3.14. The van der Waals surface area contributed by atoms with Crippen LogP contribution in [0.3, 0.4) is 0 Å². The highest BCUT2D eigenvalue weighted by Gasteiger charge is 2.21. The van der Waals surface area contributed by atoms with E-state index in [0.29, 0.717) is 23.7 Å². The third kappa shape index (κ3) is 4.57. The van der Waals surface area contributed by atoms with Crippen molar-refractivity contribution in [2.45, 2.75) is 6.10 Å². The topological polar surface area (TPSA) is 41.6 Å². The van der Waals surface area contributed by atoms with Gasteiger partial charge in [-0.15, -0.1) is 0 Å². The van der Waals surface area contributed by atoms with Crippen LogP contribution in [0.2, 0.25) is 5.02 Å². The van der Waals surface area contributed by atoms with Gasteiger partial charge < -0.3 is 10.1 Å². The predicted molar refractivity (Wildman–Crippen MR) is 95.4 cm³/mol. The Morgan fingerprint density at radius 3 is 2.67 bits per heavy atom. The lowest BCUT2D eigenvalue weighted by atomic mass is 10.1. The van der Waals surface area contributed by atoms with E-state index >= 15 is 0 Å². The number of halogens is 1. The molecule has 1 aliphatic rings. The molecule has 2 aromatic rings. The Morgan fingerprint density at radius 2 is 1.92 bits per heavy atom. The summed E-state index contributed by atoms with van der Waals surface area (Å²) >= 11 is 5.84. The third-order valence-electron chi connectivity index (χ3n) is 4.14. The lowest BCUT2D eigenvalue weighted by molar-refractivity contribution is -0.0293. The largest absolute Gasteiger partial charge is 0.371 e. The van der Waals surface area contributed by atoms with E-state index in [-0.39, 0.29) is 12.0 Å². The van der Waals surface area contributed by atoms with E-state index in [1.54, 1.807) is 24.3 Å². The van der Waals surface area contributed by atoms with Gasteiger partial charge >= 0.3 is 0 Å². The zero-order valence-corrected chi connectivity index (χ0v) is 14.2. The molecule has 0 aliphatic carbocycles. The maximum atomic E-state index is 12.1. The van der Waals surface area contributed by atoms with Crippen LogP contribution in [0, 0.1) is 0 Å². The van der Waals surface area contributed by atoms with E-state index in [0.717, 1.165) is 19.6 Å². The lowest BCUT2D eigenvalue weighted by Gasteiger charge is -2.33. The number of nitrogens with zero attached hydrogens (tertiary/aromatic N) is 1. The number of amides is 1. The Hall–Kier alpha value is -1.88. The molecule has 1 N–H and O–H groups in total. The maximum absolute atomic E-state index is 12.1. The summed E-state index contributed by atoms with van der Waals surface area (Å²) in [7, 11) is 0. The molecule has 5 heteroatoms. The van der Waals surface area contributed by atoms with E-state index < -0.39 is 0 Å². The van der Waals surface area contributed by atoms with Crippen LogP contribution in [-0.2, 0) is 4.74 Å². The first-order chi connectivity index (χ1) is 11.7. The molecule has 1 aliphatic heterocycles. The van der Waals surface area contributed by atoms with Gasteiger partial charge in [0, 0.05) is 36.8 Å². The zero-order valence-electron chi connectivity index (χ0n) is 13.5. The van der Waals surface area contributed by atoms with Crippen molar-refractivity contribution in [2.24, 2.45) is 0 Å². The van der Waals surface area contributed by atoms with Crippen molar-refractivity contribution in [1.29, 1.82) is 0 Å². The summed E-state index contributed by atoms with van der Waals surface area (Å²) in [6, 6.07) is 17.2. The normalized spacial score (nSPS) is 18.3. The SMILES string of the molecule is O=C(NCCN1CCO[C@@H](c2ccccc2)C1)c1ccc(Cl)cc1. The van der Waals surface area contributed by atoms with Crippen LogP contribution in [0.25, 0.3) is 0 Å². The van der Waals surface area contributed by atoms with Crippen molar-refractivity contribution in [1.82, 2.24) is 10.2 Å². The first-order valence-corrected chi connectivity index (χ1v) is 8.53. The fourth-order valence-corrected chi connectivity index (χ4v) is 2.93. The Labute approximate surface area is 147 Å². The van der Waals surface area contributed by atoms with E-state index in [1.807, 2.05) is 18.2 Å². The number of ether oxygens (including phenoxy) is 1. The van der Waals surface area contributed by atoms with E-state index in [9.17, 15) is 4.79 Å². The van der Waals surface area contributed by atoms with Crippen molar-refractivity contribution >= 4 is 17.5 Å². The van der Waals surface area contributed by atoms with Crippen molar-refractivity contribution in [3.8, 4) is 0 Å². The van der Waals surface area contributed by atoms with Crippen molar-refractivity contribution < 1.29 is 9.53 Å². The molecule has 0 radical (unpaired) electrons. The Bertz CT molecular complexity index is 661. The van der Waals surface area contributed by atoms with Gasteiger partial charge in [0.05, 0.1) is 12.7 Å². The summed E-state index contributed by atoms with van der Waals surface area (Å²) in [5.74, 6) is -0.0699. The fourth-order valence-electron chi connectivity index (χ4n) is 2.81. The number of rotatable bonds is 5. The van der Waals surface area contributed by atoms with Gasteiger partial charge in [-0.25, -0.2) is 0 Å². The number of hydrogen-bond donors (Lipinski definition) is 1. The smallest absolute Gasteiger partial charge is 0.251 e. The van der Waals surface area contributed by atoms with Crippen LogP contribution < -0.4 is 5.32 Å². The van der Waals surface area contributed by atoms with Gasteiger partial charge in [-0.1, -0.05) is 41.9 Å². The molecule has 3 rings (SSSR count). The Balaban J connectivity index is 1.46. The minimum Gasteiger partial charge on any atom is -0.371 e. The molecule has 0 bridgehead atoms. The van der Waals surface area contributed by atoms with Crippen LogP contribution >= 0.6 is 11.6 Å². The number of carbonyl (C=O) groups is 1. The van der Waals surface area contributed by atoms with Crippen LogP contribution in [0.1, 0.15) is 22.0 Å². The van der Waals surface area contributed by atoms with Crippen LogP contribution in [0.5, 0.6) is 0 Å². The average Bonchev–Trinajstić information content (AvgIpc) is 2.63. The highest BCUT2D eigenvalue weighted by atomic mass is 35.5. The molecule has 1 heterocycles. The molecule has 126 valence electrons. The van der Waals surface area contributed by atoms with Crippen molar-refractivity contribution in [3.05, 3.63) is 70.7 Å². The summed E-state index contributed by atoms with van der Waals surface area (Å²) < 4.78 is 5.86. The summed E-state index contributed by atoms with van der Waals surface area (Å²) in [5, 5.41) is 3.59. The molecule has 2 aromatic carbocycles. The number of nitrogens with one attached hydrogen (secondary N) is 1. The first kappa shape index (κ1) is 17.0. The van der Waals surface area contributed by atoms with Crippen molar-refractivity contribution in [3.63, 3.8) is 0 Å². The standard InChI is InChI=1S/C19H21ClN2O2/c20-17-8-6-16(7-9-17)19(23)21-10-11-22-12-13-24-18(14-22)15-4-2-1-3-5-15/h1-9,18H,10-14H2,(H,21,23)/t18-/m1/s1. The van der Waals surface area contributed by atoms with Gasteiger partial charge in [-0.2, -0.15) is 0 Å². The maximum Gasteiger partial charge on any atom is 0.251 e. The molecule has 0 unspecified atom stereocenters. The van der Waals surface area contributed by atoms with Gasteiger partial charge in [-0.3, -0.25) is 9.69 Å². The lowest BCUT2D eigenvalue weighted by Crippen LogP contribution is -2.42. The van der Waals surface area contributed by atoms with E-state index in [1.165, 1.54) is 5.56 Å². The number of carbonyl (C=O) groups excluding carboxylic acids is 1. The second-order valence-corrected chi connectivity index (χ2v) is 6.27. The summed E-state index contributed by atoms with van der Waals surface area (Å²) in [4.78, 5) is 14.4. The highest BCUT2D eigenvalue weighted by molar-refractivity contribution is 6.30. The van der Waals surface area contributed by atoms with Crippen LogP contribution in [0.15, 0.2) is 54.6 Å². The van der Waals surface area contributed by atoms with E-state index in [4.69, 9.17) is 16.3 Å². The van der Waals surface area contributed by atoms with Gasteiger partial charge in [-0.05, 0) is 29.8 Å². The molecule has 24 heavy (non-hydrogen) atoms. The Kier molecular flexibility index (Phi) is 5.86. The number of benzene rings is 2. The minimum atomic E-state index is -0.0699. The summed E-state index contributed by atoms with van der Waals surface area (Å²) in [6.07, 6.45) is 0.104. The molecule has 1 fully saturated rings. The average molecular weight is 345 g/mol. The second kappa shape index (κ2) is 8.29. The second-order valence-electron chi connectivity index (χ2n) is 5.83. The third-order valence-corrected chi connectivity index (χ3v) is 4.39. The molecule has 0 saturated carbocycles. The molecule has 1 atom stereocenters. The number of hydrogen-bond acceptors (Lipinski definition) is 3. The van der Waals surface area contributed by atoms with Gasteiger partial charge in [0.15, 0.2) is 0 Å². The molecule has 0 aromatic heterocycles. The van der Waals surface area contributed by atoms with Gasteiger partial charge in [0.25, 0.3) is 5.91 Å². The van der Waals surface area contributed by atoms with E-state index in [2.05, 4.69) is 22.3 Å². The van der Waals surface area contributed by atoms with Crippen LogP contribution in [-0.4, -0.2) is 43.6 Å². The molecule has 4 nitrogen and oxygen atoms in total.